The van der Waals surface area contributed by atoms with Gasteiger partial charge in [0, 0.05) is 18.8 Å². The first kappa shape index (κ1) is 28.1. The maximum atomic E-state index is 14.2. The summed E-state index contributed by atoms with van der Waals surface area (Å²) in [5.41, 5.74) is 3.37. The average Bonchev–Trinajstić information content (AvgIpc) is 3.27. The van der Waals surface area contributed by atoms with Gasteiger partial charge in [0.1, 0.15) is 5.60 Å². The lowest BCUT2D eigenvalue weighted by molar-refractivity contribution is -0.153. The van der Waals surface area contributed by atoms with Gasteiger partial charge in [-0.3, -0.25) is 9.59 Å². The van der Waals surface area contributed by atoms with Gasteiger partial charge in [0.2, 0.25) is 0 Å². The lowest BCUT2D eigenvalue weighted by atomic mass is 9.94. The molecule has 2 aliphatic heterocycles. The van der Waals surface area contributed by atoms with Crippen molar-refractivity contribution in [3.63, 3.8) is 0 Å². The SMILES string of the molecule is CC(C)(C)OC(=O)CC1=CCCN(C(=O)C2=C(c3ccccc3)NC=CC=C2)[C@H](C[C@@H](O)c2ccccc2)C1. The first-order valence-corrected chi connectivity index (χ1v) is 13.5. The molecule has 39 heavy (non-hydrogen) atoms. The van der Waals surface area contributed by atoms with E-state index in [2.05, 4.69) is 5.32 Å². The average molecular weight is 527 g/mol. The number of carbonyl (C=O) groups excluding carboxylic acids is 2. The van der Waals surface area contributed by atoms with Gasteiger partial charge >= 0.3 is 5.97 Å². The van der Waals surface area contributed by atoms with Crippen LogP contribution in [0.3, 0.4) is 0 Å². The summed E-state index contributed by atoms with van der Waals surface area (Å²) < 4.78 is 5.57. The van der Waals surface area contributed by atoms with Gasteiger partial charge in [-0.1, -0.05) is 78.4 Å². The number of benzene rings is 2. The molecule has 0 aromatic heterocycles. The van der Waals surface area contributed by atoms with Crippen LogP contribution in [0.25, 0.3) is 5.70 Å². The Bertz CT molecular complexity index is 1270. The molecule has 0 saturated carbocycles. The van der Waals surface area contributed by atoms with Crippen molar-refractivity contribution < 1.29 is 19.4 Å². The quantitative estimate of drug-likeness (QED) is 0.350. The number of rotatable bonds is 7. The number of aliphatic hydroxyl groups is 1. The number of hydrogen-bond acceptors (Lipinski definition) is 5. The molecular weight excluding hydrogens is 488 g/mol. The van der Waals surface area contributed by atoms with Gasteiger partial charge < -0.3 is 20.1 Å². The van der Waals surface area contributed by atoms with Crippen LogP contribution in [0.5, 0.6) is 0 Å². The zero-order valence-corrected chi connectivity index (χ0v) is 23.0. The molecule has 2 atom stereocenters. The maximum absolute atomic E-state index is 14.2. The van der Waals surface area contributed by atoms with Gasteiger partial charge in [-0.2, -0.15) is 0 Å². The summed E-state index contributed by atoms with van der Waals surface area (Å²) in [5.74, 6) is -0.398. The second-order valence-electron chi connectivity index (χ2n) is 11.0. The highest BCUT2D eigenvalue weighted by molar-refractivity contribution is 6.04. The second kappa shape index (κ2) is 12.8. The Morgan fingerprint density at radius 2 is 1.74 bits per heavy atom. The number of esters is 1. The molecule has 0 aliphatic carbocycles. The van der Waals surface area contributed by atoms with Crippen LogP contribution in [0.4, 0.5) is 0 Å². The molecule has 6 nitrogen and oxygen atoms in total. The Hall–Kier alpha value is -3.90. The van der Waals surface area contributed by atoms with E-state index in [9.17, 15) is 14.7 Å². The third-order valence-electron chi connectivity index (χ3n) is 6.73. The molecule has 0 saturated heterocycles. The Balaban J connectivity index is 1.65. The van der Waals surface area contributed by atoms with Crippen molar-refractivity contribution in [3.05, 3.63) is 113 Å². The van der Waals surface area contributed by atoms with Crippen LogP contribution in [0.2, 0.25) is 0 Å². The molecule has 2 aromatic carbocycles. The fourth-order valence-corrected chi connectivity index (χ4v) is 5.02. The summed E-state index contributed by atoms with van der Waals surface area (Å²) in [6.07, 6.45) is 10.3. The number of aliphatic hydroxyl groups excluding tert-OH is 1. The minimum atomic E-state index is -0.751. The van der Waals surface area contributed by atoms with E-state index in [1.807, 2.05) is 117 Å². The van der Waals surface area contributed by atoms with E-state index in [1.54, 1.807) is 0 Å². The van der Waals surface area contributed by atoms with Gasteiger partial charge in [-0.15, -0.1) is 0 Å². The number of nitrogens with one attached hydrogen (secondary N) is 1. The molecule has 2 aromatic rings. The lowest BCUT2D eigenvalue weighted by Crippen LogP contribution is -2.42. The highest BCUT2D eigenvalue weighted by Gasteiger charge is 2.32. The van der Waals surface area contributed by atoms with Crippen molar-refractivity contribution in [3.8, 4) is 0 Å². The summed E-state index contributed by atoms with van der Waals surface area (Å²) in [7, 11) is 0. The van der Waals surface area contributed by atoms with Gasteiger partial charge in [0.05, 0.1) is 23.8 Å². The molecular formula is C33H38N2O4. The number of nitrogens with zero attached hydrogens (tertiary/aromatic N) is 1. The molecule has 0 fully saturated rings. The van der Waals surface area contributed by atoms with Crippen molar-refractivity contribution >= 4 is 17.6 Å². The topological polar surface area (TPSA) is 78.9 Å². The van der Waals surface area contributed by atoms with Crippen LogP contribution in [0, 0.1) is 0 Å². The zero-order valence-electron chi connectivity index (χ0n) is 23.0. The van der Waals surface area contributed by atoms with E-state index in [0.29, 0.717) is 31.4 Å². The van der Waals surface area contributed by atoms with Crippen LogP contribution in [-0.2, 0) is 14.3 Å². The van der Waals surface area contributed by atoms with Crippen LogP contribution in [0.15, 0.2) is 102 Å². The first-order chi connectivity index (χ1) is 18.7. The van der Waals surface area contributed by atoms with Crippen molar-refractivity contribution in [1.82, 2.24) is 10.2 Å². The largest absolute Gasteiger partial charge is 0.460 e. The van der Waals surface area contributed by atoms with Crippen molar-refractivity contribution in [2.45, 2.75) is 64.2 Å². The first-order valence-electron chi connectivity index (χ1n) is 13.5. The van der Waals surface area contributed by atoms with Crippen LogP contribution in [0.1, 0.15) is 63.7 Å². The second-order valence-corrected chi connectivity index (χ2v) is 11.0. The minimum Gasteiger partial charge on any atom is -0.460 e. The maximum Gasteiger partial charge on any atom is 0.310 e. The normalized spacial score (nSPS) is 18.5. The molecule has 2 heterocycles. The smallest absolute Gasteiger partial charge is 0.310 e. The molecule has 204 valence electrons. The Morgan fingerprint density at radius 3 is 2.44 bits per heavy atom. The van der Waals surface area contributed by atoms with Gasteiger partial charge in [0.25, 0.3) is 5.91 Å². The Kier molecular flexibility index (Phi) is 9.20. The number of allylic oxidation sites excluding steroid dienone is 2. The van der Waals surface area contributed by atoms with E-state index in [4.69, 9.17) is 4.74 Å². The summed E-state index contributed by atoms with van der Waals surface area (Å²) in [5, 5.41) is 14.5. The van der Waals surface area contributed by atoms with Crippen LogP contribution in [-0.4, -0.2) is 40.1 Å². The molecule has 4 rings (SSSR count). The molecule has 0 radical (unpaired) electrons. The standard InChI is InChI=1S/C33H38N2O4/c1-33(2,3)39-30(37)22-24-13-12-20-35(27(21-24)23-29(36)25-14-6-4-7-15-25)32(38)28-18-10-11-19-34-31(28)26-16-8-5-9-17-26/h4-11,13-19,27,29,34,36H,12,20-23H2,1-3H3/t27-,29+/m0/s1. The highest BCUT2D eigenvalue weighted by Crippen LogP contribution is 2.31. The van der Waals surface area contributed by atoms with E-state index in [1.165, 1.54) is 0 Å². The molecule has 2 aliphatic rings. The fourth-order valence-electron chi connectivity index (χ4n) is 5.02. The summed E-state index contributed by atoms with van der Waals surface area (Å²) in [6.45, 7) is 6.04. The van der Waals surface area contributed by atoms with Gasteiger partial charge in [0.15, 0.2) is 0 Å². The molecule has 0 unspecified atom stereocenters. The predicted octanol–water partition coefficient (Wildman–Crippen LogP) is 5.84. The summed E-state index contributed by atoms with van der Waals surface area (Å²) >= 11 is 0. The number of ether oxygens (including phenoxy) is 1. The van der Waals surface area contributed by atoms with Gasteiger partial charge in [-0.25, -0.2) is 0 Å². The Labute approximate surface area is 231 Å². The Morgan fingerprint density at radius 1 is 1.05 bits per heavy atom. The van der Waals surface area contributed by atoms with Crippen molar-refractivity contribution in [2.24, 2.45) is 0 Å². The van der Waals surface area contributed by atoms with Gasteiger partial charge in [-0.05, 0) is 63.3 Å². The highest BCUT2D eigenvalue weighted by atomic mass is 16.6. The third-order valence-corrected chi connectivity index (χ3v) is 6.73. The monoisotopic (exact) mass is 526 g/mol. The van der Waals surface area contributed by atoms with Crippen molar-refractivity contribution in [1.29, 1.82) is 0 Å². The van der Waals surface area contributed by atoms with E-state index in [0.717, 1.165) is 22.4 Å². The fraction of sp³-hybridized carbons (Fsp3) is 0.333. The molecule has 0 spiro atoms. The third kappa shape index (κ3) is 7.80. The van der Waals surface area contributed by atoms with Crippen LogP contribution < -0.4 is 5.32 Å². The molecule has 2 N–H and O–H groups in total. The summed E-state index contributed by atoms with van der Waals surface area (Å²) in [4.78, 5) is 28.8. The molecule has 1 amide bonds. The van der Waals surface area contributed by atoms with E-state index in [-0.39, 0.29) is 24.3 Å². The number of carbonyl (C=O) groups is 2. The summed E-state index contributed by atoms with van der Waals surface area (Å²) in [6, 6.07) is 19.0. The zero-order chi connectivity index (χ0) is 27.8. The van der Waals surface area contributed by atoms with E-state index >= 15 is 0 Å². The number of amides is 1. The van der Waals surface area contributed by atoms with Crippen LogP contribution >= 0.6 is 0 Å². The van der Waals surface area contributed by atoms with E-state index < -0.39 is 11.7 Å². The number of hydrogen-bond donors (Lipinski definition) is 2. The molecule has 6 heteroatoms. The molecule has 0 bridgehead atoms. The lowest BCUT2D eigenvalue weighted by Gasteiger charge is -2.33. The predicted molar refractivity (Wildman–Crippen MR) is 154 cm³/mol. The minimum absolute atomic E-state index is 0.113. The van der Waals surface area contributed by atoms with Crippen molar-refractivity contribution in [2.75, 3.05) is 6.54 Å².